The molecule has 2 aliphatic rings. The summed E-state index contributed by atoms with van der Waals surface area (Å²) in [5.74, 6) is -0.391. The van der Waals surface area contributed by atoms with Gasteiger partial charge in [-0.15, -0.1) is 13.2 Å². The highest BCUT2D eigenvalue weighted by Gasteiger charge is 2.53. The molecule has 1 aliphatic carbocycles. The zero-order valence-corrected chi connectivity index (χ0v) is 14.3. The van der Waals surface area contributed by atoms with Gasteiger partial charge in [0.25, 0.3) is 0 Å². The van der Waals surface area contributed by atoms with Crippen molar-refractivity contribution >= 4 is 11.4 Å². The summed E-state index contributed by atoms with van der Waals surface area (Å²) in [6, 6.07) is 10.5. The number of anilines is 1. The van der Waals surface area contributed by atoms with Crippen LogP contribution in [0.25, 0.3) is 4.85 Å². The van der Waals surface area contributed by atoms with Crippen molar-refractivity contribution in [3.63, 3.8) is 0 Å². The second-order valence-corrected chi connectivity index (χ2v) is 7.32. The Morgan fingerprint density at radius 3 is 2.30 bits per heavy atom. The molecule has 2 aromatic carbocycles. The van der Waals surface area contributed by atoms with E-state index in [-0.39, 0.29) is 22.9 Å². The van der Waals surface area contributed by atoms with Crippen molar-refractivity contribution in [3.05, 3.63) is 65.3 Å². The van der Waals surface area contributed by atoms with E-state index in [2.05, 4.69) is 14.5 Å². The first-order valence-electron chi connectivity index (χ1n) is 8.55. The Balaban J connectivity index is 1.34. The molecule has 4 rings (SSSR count). The van der Waals surface area contributed by atoms with E-state index in [1.54, 1.807) is 24.3 Å². The minimum atomic E-state index is -4.69. The van der Waals surface area contributed by atoms with Gasteiger partial charge in [-0.1, -0.05) is 12.1 Å². The Morgan fingerprint density at radius 1 is 1.07 bits per heavy atom. The fourth-order valence-corrected chi connectivity index (χ4v) is 4.19. The molecular weight excluding hydrogens is 360 g/mol. The maximum atomic E-state index is 14.1. The van der Waals surface area contributed by atoms with Gasteiger partial charge in [0.15, 0.2) is 5.69 Å². The van der Waals surface area contributed by atoms with Gasteiger partial charge in [-0.25, -0.2) is 9.24 Å². The number of hydrogen-bond acceptors (Lipinski definition) is 2. The molecule has 0 bridgehead atoms. The van der Waals surface area contributed by atoms with Crippen LogP contribution in [-0.4, -0.2) is 19.5 Å². The fraction of sp³-hybridized carbons (Fsp3) is 0.350. The van der Waals surface area contributed by atoms with Crippen molar-refractivity contribution in [3.8, 4) is 5.75 Å². The third-order valence-electron chi connectivity index (χ3n) is 5.40. The molecule has 0 N–H and O–H groups in total. The SMILES string of the molecule is [C-]#[N+]c1ccc(C2CC3(C2)CN(c2ccc(OC(F)(F)F)cc2)C3)c(F)c1. The summed E-state index contributed by atoms with van der Waals surface area (Å²) < 4.78 is 54.6. The third-order valence-corrected chi connectivity index (χ3v) is 5.40. The normalized spacial score (nSPS) is 18.6. The molecule has 1 saturated carbocycles. The van der Waals surface area contributed by atoms with Crippen LogP contribution in [0.15, 0.2) is 42.5 Å². The van der Waals surface area contributed by atoms with E-state index in [4.69, 9.17) is 6.57 Å². The lowest BCUT2D eigenvalue weighted by atomic mass is 9.56. The van der Waals surface area contributed by atoms with Gasteiger partial charge in [-0.3, -0.25) is 0 Å². The van der Waals surface area contributed by atoms with Crippen LogP contribution in [0.4, 0.5) is 28.9 Å². The van der Waals surface area contributed by atoms with Gasteiger partial charge in [-0.05, 0) is 54.7 Å². The molecule has 0 amide bonds. The standard InChI is InChI=1S/C20H16F4N2O/c1-25-14-2-7-17(18(21)8-14)13-9-19(10-13)11-26(12-19)15-3-5-16(6-4-15)27-20(22,23)24/h2-8,13H,9-12H2. The minimum Gasteiger partial charge on any atom is -0.406 e. The average molecular weight is 376 g/mol. The van der Waals surface area contributed by atoms with Crippen molar-refractivity contribution in [1.29, 1.82) is 0 Å². The first-order chi connectivity index (χ1) is 12.8. The fourth-order valence-electron chi connectivity index (χ4n) is 4.19. The minimum absolute atomic E-state index is 0.150. The Bertz CT molecular complexity index is 888. The zero-order chi connectivity index (χ0) is 19.2. The van der Waals surface area contributed by atoms with Crippen LogP contribution in [0, 0.1) is 17.8 Å². The second-order valence-electron chi connectivity index (χ2n) is 7.32. The topological polar surface area (TPSA) is 16.8 Å². The van der Waals surface area contributed by atoms with E-state index >= 15 is 0 Å². The molecule has 1 spiro atoms. The smallest absolute Gasteiger partial charge is 0.406 e. The number of hydrogen-bond donors (Lipinski definition) is 0. The van der Waals surface area contributed by atoms with Gasteiger partial charge in [0, 0.05) is 24.2 Å². The number of alkyl halides is 3. The molecule has 0 aromatic heterocycles. The first kappa shape index (κ1) is 17.7. The quantitative estimate of drug-likeness (QED) is 0.508. The predicted molar refractivity (Wildman–Crippen MR) is 92.4 cm³/mol. The Kier molecular flexibility index (Phi) is 4.02. The number of ether oxygens (including phenoxy) is 1. The molecule has 0 unspecified atom stereocenters. The highest BCUT2D eigenvalue weighted by Crippen LogP contribution is 2.57. The molecule has 0 radical (unpaired) electrons. The summed E-state index contributed by atoms with van der Waals surface area (Å²) in [6.45, 7) is 8.55. The van der Waals surface area contributed by atoms with E-state index in [0.29, 0.717) is 11.3 Å². The monoisotopic (exact) mass is 376 g/mol. The molecule has 1 aliphatic heterocycles. The van der Waals surface area contributed by atoms with Crippen LogP contribution in [-0.2, 0) is 0 Å². The molecule has 27 heavy (non-hydrogen) atoms. The largest absolute Gasteiger partial charge is 0.573 e. The van der Waals surface area contributed by atoms with Crippen LogP contribution in [0.5, 0.6) is 5.75 Å². The Morgan fingerprint density at radius 2 is 1.74 bits per heavy atom. The number of halogens is 4. The molecular formula is C20H16F4N2O. The van der Waals surface area contributed by atoms with Crippen LogP contribution >= 0.6 is 0 Å². The highest BCUT2D eigenvalue weighted by molar-refractivity contribution is 5.53. The molecule has 140 valence electrons. The summed E-state index contributed by atoms with van der Waals surface area (Å²) in [7, 11) is 0. The van der Waals surface area contributed by atoms with Gasteiger partial charge in [0.05, 0.1) is 6.57 Å². The zero-order valence-electron chi connectivity index (χ0n) is 14.3. The summed E-state index contributed by atoms with van der Waals surface area (Å²) in [5.41, 5.74) is 1.97. The van der Waals surface area contributed by atoms with Crippen molar-refractivity contribution < 1.29 is 22.3 Å². The van der Waals surface area contributed by atoms with Gasteiger partial charge in [0.1, 0.15) is 11.6 Å². The summed E-state index contributed by atoms with van der Waals surface area (Å²) >= 11 is 0. The molecule has 0 atom stereocenters. The van der Waals surface area contributed by atoms with E-state index in [9.17, 15) is 17.6 Å². The molecule has 7 heteroatoms. The first-order valence-corrected chi connectivity index (χ1v) is 8.55. The van der Waals surface area contributed by atoms with Crippen LogP contribution in [0.1, 0.15) is 24.3 Å². The maximum absolute atomic E-state index is 14.1. The summed E-state index contributed by atoms with van der Waals surface area (Å²) in [6.07, 6.45) is -2.92. The lowest BCUT2D eigenvalue weighted by Gasteiger charge is -2.60. The second kappa shape index (κ2) is 6.15. The molecule has 1 heterocycles. The summed E-state index contributed by atoms with van der Waals surface area (Å²) in [4.78, 5) is 5.34. The third kappa shape index (κ3) is 3.44. The van der Waals surface area contributed by atoms with E-state index in [1.165, 1.54) is 18.2 Å². The van der Waals surface area contributed by atoms with Crippen molar-refractivity contribution in [2.45, 2.75) is 25.1 Å². The highest BCUT2D eigenvalue weighted by atomic mass is 19.4. The van der Waals surface area contributed by atoms with E-state index < -0.39 is 6.36 Å². The van der Waals surface area contributed by atoms with Crippen LogP contribution in [0.3, 0.4) is 0 Å². The molecule has 2 aromatic rings. The lowest BCUT2D eigenvalue weighted by Crippen LogP contribution is -2.62. The van der Waals surface area contributed by atoms with Crippen LogP contribution < -0.4 is 9.64 Å². The van der Waals surface area contributed by atoms with Crippen molar-refractivity contribution in [2.24, 2.45) is 5.41 Å². The van der Waals surface area contributed by atoms with Crippen molar-refractivity contribution in [1.82, 2.24) is 0 Å². The number of rotatable bonds is 3. The van der Waals surface area contributed by atoms with Crippen molar-refractivity contribution in [2.75, 3.05) is 18.0 Å². The molecule has 2 fully saturated rings. The van der Waals surface area contributed by atoms with Gasteiger partial charge < -0.3 is 9.64 Å². The Hall–Kier alpha value is -2.75. The average Bonchev–Trinajstić information content (AvgIpc) is 2.53. The van der Waals surface area contributed by atoms with E-state index in [0.717, 1.165) is 31.6 Å². The number of nitrogens with zero attached hydrogens (tertiary/aromatic N) is 2. The number of benzene rings is 2. The van der Waals surface area contributed by atoms with Gasteiger partial charge >= 0.3 is 6.36 Å². The molecule has 1 saturated heterocycles. The Labute approximate surface area is 154 Å². The van der Waals surface area contributed by atoms with Crippen LogP contribution in [0.2, 0.25) is 0 Å². The molecule has 3 nitrogen and oxygen atoms in total. The predicted octanol–water partition coefficient (Wildman–Crippen LogP) is 5.66. The summed E-state index contributed by atoms with van der Waals surface area (Å²) in [5, 5.41) is 0. The van der Waals surface area contributed by atoms with Gasteiger partial charge in [0.2, 0.25) is 0 Å². The maximum Gasteiger partial charge on any atom is 0.573 e. The van der Waals surface area contributed by atoms with E-state index in [1.807, 2.05) is 0 Å². The van der Waals surface area contributed by atoms with Gasteiger partial charge in [-0.2, -0.15) is 0 Å². The lowest BCUT2D eigenvalue weighted by molar-refractivity contribution is -0.274.